The summed E-state index contributed by atoms with van der Waals surface area (Å²) in [6.07, 6.45) is 8.54. The van der Waals surface area contributed by atoms with Gasteiger partial charge in [-0.25, -0.2) is 4.79 Å². The van der Waals surface area contributed by atoms with Crippen LogP contribution < -0.4 is 10.6 Å². The molecule has 2 N–H and O–H groups in total. The van der Waals surface area contributed by atoms with Crippen molar-refractivity contribution >= 4 is 11.9 Å². The van der Waals surface area contributed by atoms with Crippen LogP contribution in [0.15, 0.2) is 0 Å². The molecule has 2 heterocycles. The standard InChI is InChI=1S/C18H32N4O2/c1-19-15-8-11-21(12-9-15)17(23)14-5-4-10-22(13-14)18(24)20-16-6-2-3-7-16/h14-16,19H,2-13H2,1H3,(H,20,24). The molecule has 6 heteroatoms. The monoisotopic (exact) mass is 336 g/mol. The summed E-state index contributed by atoms with van der Waals surface area (Å²) in [5, 5.41) is 6.45. The van der Waals surface area contributed by atoms with Crippen molar-refractivity contribution in [1.29, 1.82) is 0 Å². The third kappa shape index (κ3) is 4.21. The number of carbonyl (C=O) groups excluding carboxylic acids is 2. The minimum absolute atomic E-state index is 0.0146. The Kier molecular flexibility index (Phi) is 5.98. The van der Waals surface area contributed by atoms with Crippen molar-refractivity contribution in [3.8, 4) is 0 Å². The summed E-state index contributed by atoms with van der Waals surface area (Å²) in [6, 6.07) is 0.913. The summed E-state index contributed by atoms with van der Waals surface area (Å²) in [4.78, 5) is 29.1. The molecule has 0 radical (unpaired) electrons. The largest absolute Gasteiger partial charge is 0.342 e. The first-order chi connectivity index (χ1) is 11.7. The van der Waals surface area contributed by atoms with Crippen molar-refractivity contribution in [3.63, 3.8) is 0 Å². The molecule has 3 fully saturated rings. The number of hydrogen-bond acceptors (Lipinski definition) is 3. The second-order valence-corrected chi connectivity index (χ2v) is 7.60. The van der Waals surface area contributed by atoms with Gasteiger partial charge in [0.2, 0.25) is 5.91 Å². The van der Waals surface area contributed by atoms with Crippen LogP contribution >= 0.6 is 0 Å². The minimum atomic E-state index is -0.0146. The summed E-state index contributed by atoms with van der Waals surface area (Å²) in [5.41, 5.74) is 0. The van der Waals surface area contributed by atoms with E-state index in [2.05, 4.69) is 10.6 Å². The molecule has 0 spiro atoms. The Morgan fingerprint density at radius 3 is 2.21 bits per heavy atom. The summed E-state index contributed by atoms with van der Waals surface area (Å²) in [6.45, 7) is 3.05. The van der Waals surface area contributed by atoms with Crippen LogP contribution in [0.2, 0.25) is 0 Å². The van der Waals surface area contributed by atoms with E-state index in [1.165, 1.54) is 12.8 Å². The van der Waals surface area contributed by atoms with Gasteiger partial charge >= 0.3 is 6.03 Å². The summed E-state index contributed by atoms with van der Waals surface area (Å²) < 4.78 is 0. The molecule has 136 valence electrons. The van der Waals surface area contributed by atoms with Crippen LogP contribution in [-0.4, -0.2) is 67.0 Å². The van der Waals surface area contributed by atoms with Crippen molar-refractivity contribution in [2.75, 3.05) is 33.2 Å². The van der Waals surface area contributed by atoms with Gasteiger partial charge in [0.1, 0.15) is 0 Å². The van der Waals surface area contributed by atoms with Gasteiger partial charge in [0.25, 0.3) is 0 Å². The normalized spacial score (nSPS) is 26.6. The zero-order valence-corrected chi connectivity index (χ0v) is 14.9. The van der Waals surface area contributed by atoms with Crippen molar-refractivity contribution in [1.82, 2.24) is 20.4 Å². The molecule has 0 bridgehead atoms. The highest BCUT2D eigenvalue weighted by Crippen LogP contribution is 2.22. The average molecular weight is 336 g/mol. The maximum absolute atomic E-state index is 12.8. The molecule has 0 aromatic rings. The summed E-state index contributed by atoms with van der Waals surface area (Å²) in [5.74, 6) is 0.238. The molecule has 1 saturated carbocycles. The first-order valence-corrected chi connectivity index (χ1v) is 9.69. The Morgan fingerprint density at radius 1 is 0.833 bits per heavy atom. The van der Waals surface area contributed by atoms with Gasteiger partial charge in [-0.1, -0.05) is 12.8 Å². The Labute approximate surface area is 145 Å². The topological polar surface area (TPSA) is 64.7 Å². The second kappa shape index (κ2) is 8.19. The smallest absolute Gasteiger partial charge is 0.317 e. The lowest BCUT2D eigenvalue weighted by atomic mass is 9.95. The highest BCUT2D eigenvalue weighted by Gasteiger charge is 2.33. The molecule has 3 amide bonds. The van der Waals surface area contributed by atoms with Gasteiger partial charge in [-0.15, -0.1) is 0 Å². The van der Waals surface area contributed by atoms with Crippen molar-refractivity contribution < 1.29 is 9.59 Å². The van der Waals surface area contributed by atoms with E-state index in [1.54, 1.807) is 0 Å². The first-order valence-electron chi connectivity index (χ1n) is 9.69. The quantitative estimate of drug-likeness (QED) is 0.822. The molecule has 3 aliphatic rings. The third-order valence-electron chi connectivity index (χ3n) is 5.96. The molecule has 1 atom stereocenters. The van der Waals surface area contributed by atoms with Gasteiger partial charge in [0.05, 0.1) is 5.92 Å². The lowest BCUT2D eigenvalue weighted by Crippen LogP contribution is -2.52. The van der Waals surface area contributed by atoms with Gasteiger partial charge in [-0.2, -0.15) is 0 Å². The Hall–Kier alpha value is -1.30. The lowest BCUT2D eigenvalue weighted by molar-refractivity contribution is -0.138. The fraction of sp³-hybridized carbons (Fsp3) is 0.889. The number of nitrogens with zero attached hydrogens (tertiary/aromatic N) is 2. The Balaban J connectivity index is 1.49. The highest BCUT2D eigenvalue weighted by atomic mass is 16.2. The second-order valence-electron chi connectivity index (χ2n) is 7.60. The van der Waals surface area contributed by atoms with Crippen LogP contribution in [0.4, 0.5) is 4.79 Å². The van der Waals surface area contributed by atoms with E-state index >= 15 is 0 Å². The maximum Gasteiger partial charge on any atom is 0.317 e. The highest BCUT2D eigenvalue weighted by molar-refractivity contribution is 5.81. The van der Waals surface area contributed by atoms with Gasteiger partial charge in [0.15, 0.2) is 0 Å². The summed E-state index contributed by atoms with van der Waals surface area (Å²) in [7, 11) is 1.99. The fourth-order valence-electron chi connectivity index (χ4n) is 4.35. The zero-order valence-electron chi connectivity index (χ0n) is 14.9. The number of piperidine rings is 2. The number of urea groups is 1. The molecule has 0 aromatic carbocycles. The fourth-order valence-corrected chi connectivity index (χ4v) is 4.35. The summed E-state index contributed by atoms with van der Waals surface area (Å²) >= 11 is 0. The van der Waals surface area contributed by atoms with E-state index in [0.29, 0.717) is 18.6 Å². The van der Waals surface area contributed by atoms with Gasteiger partial charge in [-0.3, -0.25) is 4.79 Å². The van der Waals surface area contributed by atoms with Gasteiger partial charge in [-0.05, 0) is 45.6 Å². The van der Waals surface area contributed by atoms with Crippen molar-refractivity contribution in [3.05, 3.63) is 0 Å². The molecular weight excluding hydrogens is 304 g/mol. The maximum atomic E-state index is 12.8. The first kappa shape index (κ1) is 17.5. The molecule has 2 aliphatic heterocycles. The van der Waals surface area contributed by atoms with E-state index in [0.717, 1.165) is 58.2 Å². The predicted octanol–water partition coefficient (Wildman–Crippen LogP) is 1.56. The number of rotatable bonds is 3. The Bertz CT molecular complexity index is 442. The van der Waals surface area contributed by atoms with E-state index in [9.17, 15) is 9.59 Å². The van der Waals surface area contributed by atoms with E-state index < -0.39 is 0 Å². The SMILES string of the molecule is CNC1CCN(C(=O)C2CCCN(C(=O)NC3CCCC3)C2)CC1. The van der Waals surface area contributed by atoms with Crippen LogP contribution in [0.1, 0.15) is 51.4 Å². The van der Waals surface area contributed by atoms with Crippen LogP contribution in [0.3, 0.4) is 0 Å². The molecule has 1 aliphatic carbocycles. The number of carbonyl (C=O) groups is 2. The van der Waals surface area contributed by atoms with Crippen molar-refractivity contribution in [2.24, 2.45) is 5.92 Å². The number of likely N-dealkylation sites (tertiary alicyclic amines) is 2. The molecule has 2 saturated heterocycles. The molecule has 0 aromatic heterocycles. The van der Waals surface area contributed by atoms with E-state index in [-0.39, 0.29) is 17.9 Å². The average Bonchev–Trinajstić information content (AvgIpc) is 3.14. The molecular formula is C18H32N4O2. The number of amides is 3. The number of hydrogen-bond donors (Lipinski definition) is 2. The lowest BCUT2D eigenvalue weighted by Gasteiger charge is -2.38. The zero-order chi connectivity index (χ0) is 16.9. The van der Waals surface area contributed by atoms with Gasteiger partial charge < -0.3 is 20.4 Å². The molecule has 3 rings (SSSR count). The van der Waals surface area contributed by atoms with Crippen LogP contribution in [0.5, 0.6) is 0 Å². The van der Waals surface area contributed by atoms with Crippen LogP contribution in [0, 0.1) is 5.92 Å². The van der Waals surface area contributed by atoms with Crippen LogP contribution in [0.25, 0.3) is 0 Å². The van der Waals surface area contributed by atoms with E-state index in [1.807, 2.05) is 16.8 Å². The Morgan fingerprint density at radius 2 is 1.54 bits per heavy atom. The molecule has 24 heavy (non-hydrogen) atoms. The van der Waals surface area contributed by atoms with Gasteiger partial charge in [0, 0.05) is 38.3 Å². The molecule has 6 nitrogen and oxygen atoms in total. The number of nitrogens with one attached hydrogen (secondary N) is 2. The third-order valence-corrected chi connectivity index (χ3v) is 5.96. The van der Waals surface area contributed by atoms with E-state index in [4.69, 9.17) is 0 Å². The molecule has 1 unspecified atom stereocenters. The van der Waals surface area contributed by atoms with Crippen LogP contribution in [-0.2, 0) is 4.79 Å². The predicted molar refractivity (Wildman–Crippen MR) is 93.7 cm³/mol. The minimum Gasteiger partial charge on any atom is -0.342 e. The van der Waals surface area contributed by atoms with Crippen molar-refractivity contribution in [2.45, 2.75) is 63.5 Å².